The van der Waals surface area contributed by atoms with Crippen LogP contribution < -0.4 is 5.32 Å². The Bertz CT molecular complexity index is 997. The molecule has 2 atom stereocenters. The summed E-state index contributed by atoms with van der Waals surface area (Å²) in [6.07, 6.45) is 2.17. The number of ether oxygens (including phenoxy) is 1. The smallest absolute Gasteiger partial charge is 0.303 e. The SMILES string of the molecule is C=CC(CC[C@@H](C(=O)Nc1ccccc1)N(Cc1ccccc1)Cc1ccccc1)OC(C)=O. The highest BCUT2D eigenvalue weighted by Crippen LogP contribution is 2.20. The fraction of sp³-hybridized carbons (Fsp3) is 0.241. The number of anilines is 1. The number of carbonyl (C=O) groups is 2. The van der Waals surface area contributed by atoms with Gasteiger partial charge in [-0.3, -0.25) is 14.5 Å². The number of esters is 1. The maximum Gasteiger partial charge on any atom is 0.303 e. The van der Waals surface area contributed by atoms with Crippen molar-refractivity contribution < 1.29 is 14.3 Å². The Kier molecular flexibility index (Phi) is 9.62. The maximum absolute atomic E-state index is 13.6. The summed E-state index contributed by atoms with van der Waals surface area (Å²) in [5, 5.41) is 3.06. The second-order valence-electron chi connectivity index (χ2n) is 8.21. The van der Waals surface area contributed by atoms with E-state index in [0.717, 1.165) is 16.8 Å². The van der Waals surface area contributed by atoms with Gasteiger partial charge in [0.25, 0.3) is 0 Å². The Morgan fingerprint density at radius 1 is 0.853 bits per heavy atom. The zero-order valence-electron chi connectivity index (χ0n) is 19.6. The lowest BCUT2D eigenvalue weighted by Gasteiger charge is -2.32. The minimum Gasteiger partial charge on any atom is -0.458 e. The van der Waals surface area contributed by atoms with E-state index < -0.39 is 12.1 Å². The fourth-order valence-corrected chi connectivity index (χ4v) is 3.90. The van der Waals surface area contributed by atoms with Crippen LogP contribution in [-0.4, -0.2) is 28.9 Å². The van der Waals surface area contributed by atoms with Gasteiger partial charge in [-0.15, -0.1) is 0 Å². The molecule has 34 heavy (non-hydrogen) atoms. The number of rotatable bonds is 12. The van der Waals surface area contributed by atoms with Gasteiger partial charge < -0.3 is 10.1 Å². The van der Waals surface area contributed by atoms with Gasteiger partial charge in [-0.1, -0.05) is 91.5 Å². The van der Waals surface area contributed by atoms with Crippen molar-refractivity contribution in [2.24, 2.45) is 0 Å². The monoisotopic (exact) mass is 456 g/mol. The molecule has 5 nitrogen and oxygen atoms in total. The Morgan fingerprint density at radius 3 is 1.82 bits per heavy atom. The van der Waals surface area contributed by atoms with Gasteiger partial charge in [-0.05, 0) is 36.1 Å². The molecule has 0 fully saturated rings. The number of hydrogen-bond donors (Lipinski definition) is 1. The van der Waals surface area contributed by atoms with E-state index in [1.807, 2.05) is 66.7 Å². The topological polar surface area (TPSA) is 58.6 Å². The van der Waals surface area contributed by atoms with Crippen LogP contribution in [0.4, 0.5) is 5.69 Å². The minimum atomic E-state index is -0.446. The highest BCUT2D eigenvalue weighted by molar-refractivity contribution is 5.94. The second kappa shape index (κ2) is 13.1. The highest BCUT2D eigenvalue weighted by atomic mass is 16.5. The second-order valence-corrected chi connectivity index (χ2v) is 8.21. The first kappa shape index (κ1) is 24.9. The predicted molar refractivity (Wildman–Crippen MR) is 136 cm³/mol. The fourth-order valence-electron chi connectivity index (χ4n) is 3.90. The molecule has 3 rings (SSSR count). The largest absolute Gasteiger partial charge is 0.458 e. The number of hydrogen-bond acceptors (Lipinski definition) is 4. The van der Waals surface area contributed by atoms with Crippen molar-refractivity contribution in [1.82, 2.24) is 4.90 Å². The zero-order chi connectivity index (χ0) is 24.2. The third-order valence-electron chi connectivity index (χ3n) is 5.55. The average molecular weight is 457 g/mol. The molecule has 0 bridgehead atoms. The molecule has 0 saturated heterocycles. The molecule has 0 heterocycles. The normalized spacial score (nSPS) is 12.5. The van der Waals surface area contributed by atoms with Crippen molar-refractivity contribution in [3.63, 3.8) is 0 Å². The van der Waals surface area contributed by atoms with Gasteiger partial charge in [0.05, 0.1) is 6.04 Å². The van der Waals surface area contributed by atoms with Crippen LogP contribution in [-0.2, 0) is 27.4 Å². The van der Waals surface area contributed by atoms with Crippen LogP contribution in [0, 0.1) is 0 Å². The highest BCUT2D eigenvalue weighted by Gasteiger charge is 2.27. The number of nitrogens with one attached hydrogen (secondary N) is 1. The Labute approximate surface area is 202 Å². The molecule has 0 aliphatic heterocycles. The third kappa shape index (κ3) is 8.01. The Hall–Kier alpha value is -3.70. The molecular formula is C29H32N2O3. The number of nitrogens with zero attached hydrogens (tertiary/aromatic N) is 1. The van der Waals surface area contributed by atoms with Gasteiger partial charge in [0.1, 0.15) is 6.10 Å². The lowest BCUT2D eigenvalue weighted by molar-refractivity contribution is -0.144. The van der Waals surface area contributed by atoms with Gasteiger partial charge >= 0.3 is 5.97 Å². The quantitative estimate of drug-likeness (QED) is 0.285. The Balaban J connectivity index is 1.88. The summed E-state index contributed by atoms with van der Waals surface area (Å²) in [5.74, 6) is -0.454. The van der Waals surface area contributed by atoms with Crippen LogP contribution in [0.1, 0.15) is 30.9 Å². The lowest BCUT2D eigenvalue weighted by atomic mass is 10.0. The van der Waals surface area contributed by atoms with E-state index in [-0.39, 0.29) is 11.9 Å². The minimum absolute atomic E-state index is 0.0938. The summed E-state index contributed by atoms with van der Waals surface area (Å²) in [6, 6.07) is 29.2. The van der Waals surface area contributed by atoms with Crippen LogP contribution in [0.15, 0.2) is 104 Å². The van der Waals surface area contributed by atoms with Crippen LogP contribution in [0.2, 0.25) is 0 Å². The Morgan fingerprint density at radius 2 is 1.35 bits per heavy atom. The standard InChI is InChI=1S/C29H32N2O3/c1-3-27(34-23(2)32)19-20-28(29(33)30-26-17-11-6-12-18-26)31(21-24-13-7-4-8-14-24)22-25-15-9-5-10-16-25/h3-18,27-28H,1,19-22H2,2H3,(H,30,33)/t27?,28-/m0/s1. The summed E-state index contributed by atoms with van der Waals surface area (Å²) in [5.41, 5.74) is 2.99. The van der Waals surface area contributed by atoms with Gasteiger partial charge in [0.15, 0.2) is 0 Å². The molecule has 0 aliphatic rings. The van der Waals surface area contributed by atoms with E-state index in [4.69, 9.17) is 4.74 Å². The van der Waals surface area contributed by atoms with E-state index in [9.17, 15) is 9.59 Å². The van der Waals surface area contributed by atoms with Crippen LogP contribution in [0.5, 0.6) is 0 Å². The number of benzene rings is 3. The molecule has 1 unspecified atom stereocenters. The molecule has 1 amide bonds. The van der Waals surface area contributed by atoms with Gasteiger partial charge in [-0.25, -0.2) is 0 Å². The first-order chi connectivity index (χ1) is 16.5. The van der Waals surface area contributed by atoms with E-state index in [1.54, 1.807) is 6.08 Å². The molecule has 3 aromatic rings. The van der Waals surface area contributed by atoms with Crippen molar-refractivity contribution in [2.75, 3.05) is 5.32 Å². The first-order valence-corrected chi connectivity index (χ1v) is 11.5. The predicted octanol–water partition coefficient (Wildman–Crippen LogP) is 5.59. The molecule has 3 aromatic carbocycles. The molecule has 0 radical (unpaired) electrons. The molecule has 1 N–H and O–H groups in total. The molecule has 5 heteroatoms. The lowest BCUT2D eigenvalue weighted by Crippen LogP contribution is -2.44. The number of carbonyl (C=O) groups excluding carboxylic acids is 2. The van der Waals surface area contributed by atoms with Gasteiger partial charge in [0, 0.05) is 25.7 Å². The summed E-state index contributed by atoms with van der Waals surface area (Å²) >= 11 is 0. The van der Waals surface area contributed by atoms with Crippen molar-refractivity contribution in [3.8, 4) is 0 Å². The summed E-state index contributed by atoms with van der Waals surface area (Å²) in [7, 11) is 0. The van der Waals surface area contributed by atoms with Crippen LogP contribution in [0.3, 0.4) is 0 Å². The summed E-state index contributed by atoms with van der Waals surface area (Å²) in [4.78, 5) is 27.2. The first-order valence-electron chi connectivity index (χ1n) is 11.5. The molecule has 0 saturated carbocycles. The number of amides is 1. The van der Waals surface area contributed by atoms with Crippen molar-refractivity contribution in [3.05, 3.63) is 115 Å². The molecular weight excluding hydrogens is 424 g/mol. The van der Waals surface area contributed by atoms with E-state index in [2.05, 4.69) is 41.1 Å². The summed E-state index contributed by atoms with van der Waals surface area (Å²) < 4.78 is 5.36. The van der Waals surface area contributed by atoms with E-state index in [0.29, 0.717) is 25.9 Å². The van der Waals surface area contributed by atoms with E-state index in [1.165, 1.54) is 6.92 Å². The van der Waals surface area contributed by atoms with Crippen molar-refractivity contribution in [1.29, 1.82) is 0 Å². The van der Waals surface area contributed by atoms with Crippen molar-refractivity contribution >= 4 is 17.6 Å². The number of para-hydroxylation sites is 1. The molecule has 176 valence electrons. The zero-order valence-corrected chi connectivity index (χ0v) is 19.6. The van der Waals surface area contributed by atoms with Crippen LogP contribution in [0.25, 0.3) is 0 Å². The molecule has 0 spiro atoms. The summed E-state index contributed by atoms with van der Waals surface area (Å²) in [6.45, 7) is 6.39. The molecule has 0 aromatic heterocycles. The molecule has 0 aliphatic carbocycles. The van der Waals surface area contributed by atoms with Crippen LogP contribution >= 0.6 is 0 Å². The van der Waals surface area contributed by atoms with Crippen molar-refractivity contribution in [2.45, 2.75) is 45.0 Å². The van der Waals surface area contributed by atoms with Gasteiger partial charge in [-0.2, -0.15) is 0 Å². The average Bonchev–Trinajstić information content (AvgIpc) is 2.85. The van der Waals surface area contributed by atoms with Gasteiger partial charge in [0.2, 0.25) is 5.91 Å². The van der Waals surface area contributed by atoms with E-state index >= 15 is 0 Å². The third-order valence-corrected chi connectivity index (χ3v) is 5.55. The maximum atomic E-state index is 13.6.